The lowest BCUT2D eigenvalue weighted by molar-refractivity contribution is -0.0285. The third-order valence-electron chi connectivity index (χ3n) is 9.22. The zero-order valence-corrected chi connectivity index (χ0v) is 38.2. The van der Waals surface area contributed by atoms with Gasteiger partial charge in [0.2, 0.25) is 0 Å². The van der Waals surface area contributed by atoms with E-state index in [2.05, 4.69) is 38.1 Å². The predicted molar refractivity (Wildman–Crippen MR) is 237 cm³/mol. The van der Waals surface area contributed by atoms with Crippen LogP contribution in [0.5, 0.6) is 5.75 Å². The molecule has 1 aromatic rings. The third-order valence-corrected chi connectivity index (χ3v) is 9.22. The van der Waals surface area contributed by atoms with Gasteiger partial charge in [0.15, 0.2) is 0 Å². The summed E-state index contributed by atoms with van der Waals surface area (Å²) < 4.78 is 72.3. The van der Waals surface area contributed by atoms with E-state index in [-0.39, 0.29) is 0 Å². The largest absolute Gasteiger partial charge is 0.491 e. The van der Waals surface area contributed by atoms with Gasteiger partial charge in [-0.05, 0) is 37.0 Å². The molecule has 0 N–H and O–H groups in total. The fourth-order valence-corrected chi connectivity index (χ4v) is 5.76. The van der Waals surface area contributed by atoms with Crippen LogP contribution in [0.1, 0.15) is 103 Å². The van der Waals surface area contributed by atoms with E-state index >= 15 is 0 Å². The van der Waals surface area contributed by atoms with Gasteiger partial charge in [-0.15, -0.1) is 0 Å². The molecule has 0 saturated heterocycles. The Morgan fingerprint density at radius 2 is 0.500 bits per heavy atom. The first-order chi connectivity index (χ1) is 29.9. The number of unbranched alkanes of at least 4 members (excludes halogenated alkanes) is 11. The fraction of sp³-hybridized carbons (Fsp3) is 0.872. The Labute approximate surface area is 365 Å². The van der Waals surface area contributed by atoms with Gasteiger partial charge in [0.1, 0.15) is 12.4 Å². The topological polar surface area (TPSA) is 120 Å². The van der Waals surface area contributed by atoms with Gasteiger partial charge >= 0.3 is 0 Å². The molecule has 60 heavy (non-hydrogen) atoms. The Morgan fingerprint density at radius 1 is 0.250 bits per heavy atom. The second-order valence-electron chi connectivity index (χ2n) is 14.5. The highest BCUT2D eigenvalue weighted by Crippen LogP contribution is 2.15. The smallest absolute Gasteiger partial charge is 0.119 e. The molecule has 0 aliphatic heterocycles. The summed E-state index contributed by atoms with van der Waals surface area (Å²) >= 11 is 0. The molecule has 0 bridgehead atoms. The zero-order valence-electron chi connectivity index (χ0n) is 38.2. The van der Waals surface area contributed by atoms with Crippen LogP contribution in [0.4, 0.5) is 0 Å². The van der Waals surface area contributed by atoms with Crippen LogP contribution in [0.25, 0.3) is 0 Å². The Hall–Kier alpha value is -1.46. The van der Waals surface area contributed by atoms with Crippen molar-refractivity contribution in [2.45, 2.75) is 104 Å². The summed E-state index contributed by atoms with van der Waals surface area (Å²) in [7, 11) is 0. The molecular formula is C47H88O13. The van der Waals surface area contributed by atoms with Crippen molar-refractivity contribution in [3.05, 3.63) is 29.8 Å². The first-order valence-electron chi connectivity index (χ1n) is 23.5. The molecule has 0 amide bonds. The molecule has 0 aromatic heterocycles. The highest BCUT2D eigenvalue weighted by atomic mass is 16.6. The van der Waals surface area contributed by atoms with Crippen molar-refractivity contribution < 1.29 is 61.6 Å². The molecule has 0 spiro atoms. The molecule has 0 atom stereocenters. The Bertz CT molecular complexity index is 927. The molecule has 0 fully saturated rings. The molecule has 0 aliphatic rings. The maximum absolute atomic E-state index is 5.79. The number of aryl methyl sites for hydroxylation is 1. The molecule has 354 valence electrons. The minimum absolute atomic E-state index is 0.512. The van der Waals surface area contributed by atoms with Gasteiger partial charge in [-0.3, -0.25) is 0 Å². The summed E-state index contributed by atoms with van der Waals surface area (Å²) in [6.45, 7) is 18.1. The van der Waals surface area contributed by atoms with Crippen LogP contribution in [-0.4, -0.2) is 165 Å². The van der Waals surface area contributed by atoms with Crippen LogP contribution in [0.15, 0.2) is 24.3 Å². The maximum atomic E-state index is 5.79. The van der Waals surface area contributed by atoms with E-state index in [1.807, 2.05) is 0 Å². The van der Waals surface area contributed by atoms with Crippen molar-refractivity contribution in [3.8, 4) is 5.75 Å². The van der Waals surface area contributed by atoms with E-state index in [0.717, 1.165) is 25.2 Å². The van der Waals surface area contributed by atoms with Crippen LogP contribution in [0.3, 0.4) is 0 Å². The lowest BCUT2D eigenvalue weighted by Gasteiger charge is -2.09. The van der Waals surface area contributed by atoms with E-state index in [1.165, 1.54) is 82.6 Å². The molecule has 0 heterocycles. The molecule has 13 heteroatoms. The summed E-state index contributed by atoms with van der Waals surface area (Å²) in [5, 5.41) is 0. The predicted octanol–water partition coefficient (Wildman–Crippen LogP) is 7.92. The van der Waals surface area contributed by atoms with E-state index in [1.54, 1.807) is 0 Å². The van der Waals surface area contributed by atoms with Crippen molar-refractivity contribution in [1.29, 1.82) is 0 Å². The van der Waals surface area contributed by atoms with Crippen LogP contribution < -0.4 is 4.74 Å². The quantitative estimate of drug-likeness (QED) is 0.0591. The summed E-state index contributed by atoms with van der Waals surface area (Å²) in [5.41, 5.74) is 1.38. The highest BCUT2D eigenvalue weighted by Gasteiger charge is 2.00. The standard InChI is InChI=1S/C47H88O13/c1-3-5-7-9-11-12-14-16-46-17-19-47(20-18-46)60-45-44-59-43-42-58-41-40-57-39-38-56-37-36-55-35-34-54-33-32-53-31-30-52-29-28-51-27-26-50-25-24-49-23-22-48-21-15-13-10-8-6-4-2/h17-20H,3-16,21-45H2,1-2H3. The molecule has 1 aromatic carbocycles. The first kappa shape index (κ1) is 56.6. The van der Waals surface area contributed by atoms with Crippen molar-refractivity contribution in [2.24, 2.45) is 0 Å². The second-order valence-corrected chi connectivity index (χ2v) is 14.5. The summed E-state index contributed by atoms with van der Waals surface area (Å²) in [5.74, 6) is 0.887. The van der Waals surface area contributed by atoms with Gasteiger partial charge in [-0.2, -0.15) is 0 Å². The van der Waals surface area contributed by atoms with Gasteiger partial charge in [0.25, 0.3) is 0 Å². The van der Waals surface area contributed by atoms with E-state index in [0.29, 0.717) is 159 Å². The molecule has 0 radical (unpaired) electrons. The van der Waals surface area contributed by atoms with Gasteiger partial charge < -0.3 is 61.6 Å². The monoisotopic (exact) mass is 861 g/mol. The van der Waals surface area contributed by atoms with Crippen molar-refractivity contribution >= 4 is 0 Å². The summed E-state index contributed by atoms with van der Waals surface area (Å²) in [6, 6.07) is 8.46. The Morgan fingerprint density at radius 3 is 0.817 bits per heavy atom. The molecule has 0 unspecified atom stereocenters. The molecule has 13 nitrogen and oxygen atoms in total. The number of hydrogen-bond donors (Lipinski definition) is 0. The number of rotatable bonds is 52. The van der Waals surface area contributed by atoms with Crippen LogP contribution in [0.2, 0.25) is 0 Å². The number of ether oxygens (including phenoxy) is 13. The van der Waals surface area contributed by atoms with E-state index < -0.39 is 0 Å². The lowest BCUT2D eigenvalue weighted by Crippen LogP contribution is -2.15. The van der Waals surface area contributed by atoms with E-state index in [9.17, 15) is 0 Å². The summed E-state index contributed by atoms with van der Waals surface area (Å²) in [4.78, 5) is 0. The van der Waals surface area contributed by atoms with E-state index in [4.69, 9.17) is 61.6 Å². The summed E-state index contributed by atoms with van der Waals surface area (Å²) in [6.07, 6.45) is 18.2. The SMILES string of the molecule is CCCCCCCCCc1ccc(OCCOCCOCCOCCOCCOCCOCCOCCOCCOCCOCCOCCOCCCCCCCC)cc1. The van der Waals surface area contributed by atoms with Crippen LogP contribution in [0, 0.1) is 0 Å². The average Bonchev–Trinajstić information content (AvgIpc) is 3.26. The van der Waals surface area contributed by atoms with Crippen LogP contribution in [-0.2, 0) is 63.3 Å². The van der Waals surface area contributed by atoms with Crippen molar-refractivity contribution in [1.82, 2.24) is 0 Å². The second kappa shape index (κ2) is 50.2. The third kappa shape index (κ3) is 44.6. The lowest BCUT2D eigenvalue weighted by atomic mass is 10.0. The van der Waals surface area contributed by atoms with Gasteiger partial charge in [0.05, 0.1) is 152 Å². The average molecular weight is 861 g/mol. The first-order valence-corrected chi connectivity index (χ1v) is 23.5. The maximum Gasteiger partial charge on any atom is 0.119 e. The molecule has 1 rings (SSSR count). The normalized spacial score (nSPS) is 11.6. The minimum atomic E-state index is 0.512. The molecule has 0 aliphatic carbocycles. The van der Waals surface area contributed by atoms with Gasteiger partial charge in [-0.1, -0.05) is 96.6 Å². The number of benzene rings is 1. The van der Waals surface area contributed by atoms with Crippen molar-refractivity contribution in [3.63, 3.8) is 0 Å². The zero-order chi connectivity index (χ0) is 42.8. The van der Waals surface area contributed by atoms with Crippen molar-refractivity contribution in [2.75, 3.05) is 165 Å². The Kier molecular flexibility index (Phi) is 47.3. The Balaban J connectivity index is 1.65. The highest BCUT2D eigenvalue weighted by molar-refractivity contribution is 5.27. The van der Waals surface area contributed by atoms with Crippen LogP contribution >= 0.6 is 0 Å². The minimum Gasteiger partial charge on any atom is -0.491 e. The number of hydrogen-bond acceptors (Lipinski definition) is 13. The fourth-order valence-electron chi connectivity index (χ4n) is 5.76. The molecule has 0 saturated carbocycles. The van der Waals surface area contributed by atoms with Gasteiger partial charge in [0, 0.05) is 6.61 Å². The molecular weight excluding hydrogens is 773 g/mol. The van der Waals surface area contributed by atoms with Gasteiger partial charge in [-0.25, -0.2) is 0 Å².